The molecule has 1 aliphatic heterocycles. The van der Waals surface area contributed by atoms with E-state index in [-0.39, 0.29) is 11.9 Å². The van der Waals surface area contributed by atoms with E-state index in [1.165, 1.54) is 0 Å². The first-order valence-electron chi connectivity index (χ1n) is 9.82. The molecule has 30 heavy (non-hydrogen) atoms. The second kappa shape index (κ2) is 8.39. The average molecular weight is 403 g/mol. The smallest absolute Gasteiger partial charge is 0.338 e. The van der Waals surface area contributed by atoms with Crippen LogP contribution in [0.4, 0.5) is 0 Å². The van der Waals surface area contributed by atoms with Crippen LogP contribution in [0, 0.1) is 11.3 Å². The number of carbonyl (C=O) groups is 2. The van der Waals surface area contributed by atoms with Gasteiger partial charge in [-0.2, -0.15) is 5.26 Å². The third kappa shape index (κ3) is 3.65. The summed E-state index contributed by atoms with van der Waals surface area (Å²) in [5.74, 6) is -0.430. The summed E-state index contributed by atoms with van der Waals surface area (Å²) in [5, 5.41) is 10.3. The fourth-order valence-electron chi connectivity index (χ4n) is 3.59. The number of esters is 1. The van der Waals surface area contributed by atoms with Gasteiger partial charge in [-0.1, -0.05) is 0 Å². The Morgan fingerprint density at radius 3 is 2.47 bits per heavy atom. The Hall–Kier alpha value is -3.63. The Labute approximate surface area is 174 Å². The van der Waals surface area contributed by atoms with Crippen molar-refractivity contribution in [3.8, 4) is 11.8 Å². The van der Waals surface area contributed by atoms with Crippen molar-refractivity contribution in [2.24, 2.45) is 0 Å². The van der Waals surface area contributed by atoms with Gasteiger partial charge in [0, 0.05) is 35.9 Å². The van der Waals surface area contributed by atoms with Crippen LogP contribution in [0.3, 0.4) is 0 Å². The largest absolute Gasteiger partial charge is 0.462 e. The normalized spacial score (nSPS) is 13.8. The Kier molecular flexibility index (Phi) is 5.50. The highest BCUT2D eigenvalue weighted by Crippen LogP contribution is 2.26. The summed E-state index contributed by atoms with van der Waals surface area (Å²) in [6.07, 6.45) is 1.74. The highest BCUT2D eigenvalue weighted by atomic mass is 16.5. The molecule has 2 heterocycles. The van der Waals surface area contributed by atoms with Crippen molar-refractivity contribution in [2.75, 3.05) is 32.9 Å². The number of fused-ring (bicyclic) bond motifs is 1. The lowest BCUT2D eigenvalue weighted by Gasteiger charge is -2.26. The van der Waals surface area contributed by atoms with Crippen LogP contribution in [0.5, 0.6) is 0 Å². The van der Waals surface area contributed by atoms with Crippen molar-refractivity contribution in [3.05, 3.63) is 65.4 Å². The molecule has 152 valence electrons. The Bertz CT molecular complexity index is 1140. The monoisotopic (exact) mass is 403 g/mol. The van der Waals surface area contributed by atoms with Crippen LogP contribution < -0.4 is 0 Å². The standard InChI is InChI=1S/C23H21N3O4/c1-2-30-23(28)16-3-6-19(7-4-16)26-15-18(14-24)20-13-17(5-8-21(20)26)22(27)25-9-11-29-12-10-25/h3-8,13,15H,2,9-12H2,1H3. The summed E-state index contributed by atoms with van der Waals surface area (Å²) in [4.78, 5) is 26.4. The van der Waals surface area contributed by atoms with Gasteiger partial charge in [0.05, 0.1) is 36.5 Å². The number of benzene rings is 2. The van der Waals surface area contributed by atoms with Gasteiger partial charge >= 0.3 is 5.97 Å². The van der Waals surface area contributed by atoms with E-state index in [1.807, 2.05) is 10.6 Å². The zero-order valence-corrected chi connectivity index (χ0v) is 16.6. The first-order chi connectivity index (χ1) is 14.6. The molecule has 0 saturated carbocycles. The van der Waals surface area contributed by atoms with E-state index in [1.54, 1.807) is 54.4 Å². The lowest BCUT2D eigenvalue weighted by Crippen LogP contribution is -2.40. The van der Waals surface area contributed by atoms with Crippen molar-refractivity contribution < 1.29 is 19.1 Å². The van der Waals surface area contributed by atoms with Gasteiger partial charge in [-0.05, 0) is 49.4 Å². The minimum Gasteiger partial charge on any atom is -0.462 e. The minimum atomic E-state index is -0.370. The van der Waals surface area contributed by atoms with Gasteiger partial charge < -0.3 is 18.9 Å². The number of aromatic nitrogens is 1. The van der Waals surface area contributed by atoms with Crippen molar-refractivity contribution in [1.29, 1.82) is 5.26 Å². The number of carbonyl (C=O) groups excluding carboxylic acids is 2. The predicted molar refractivity (Wildman–Crippen MR) is 111 cm³/mol. The number of nitrogens with zero attached hydrogens (tertiary/aromatic N) is 3. The molecule has 1 aromatic heterocycles. The van der Waals surface area contributed by atoms with Gasteiger partial charge in [-0.3, -0.25) is 4.79 Å². The van der Waals surface area contributed by atoms with E-state index in [2.05, 4.69) is 6.07 Å². The van der Waals surface area contributed by atoms with Crippen LogP contribution in [0.2, 0.25) is 0 Å². The molecule has 0 unspecified atom stereocenters. The fraction of sp³-hybridized carbons (Fsp3) is 0.261. The molecule has 0 radical (unpaired) electrons. The number of nitriles is 1. The number of amides is 1. The number of rotatable bonds is 4. The quantitative estimate of drug-likeness (QED) is 0.625. The zero-order chi connectivity index (χ0) is 21.1. The topological polar surface area (TPSA) is 84.6 Å². The number of ether oxygens (including phenoxy) is 2. The van der Waals surface area contributed by atoms with Crippen molar-refractivity contribution >= 4 is 22.8 Å². The summed E-state index contributed by atoms with van der Waals surface area (Å²) in [6.45, 7) is 4.29. The molecule has 1 fully saturated rings. The van der Waals surface area contributed by atoms with Crippen LogP contribution in [0.1, 0.15) is 33.2 Å². The lowest BCUT2D eigenvalue weighted by atomic mass is 10.1. The van der Waals surface area contributed by atoms with Crippen LogP contribution in [-0.2, 0) is 9.47 Å². The molecular weight excluding hydrogens is 382 g/mol. The Morgan fingerprint density at radius 2 is 1.80 bits per heavy atom. The second-order valence-corrected chi connectivity index (χ2v) is 6.93. The van der Waals surface area contributed by atoms with Gasteiger partial charge in [-0.15, -0.1) is 0 Å². The molecule has 0 atom stereocenters. The maximum Gasteiger partial charge on any atom is 0.338 e. The molecule has 3 aromatic rings. The highest BCUT2D eigenvalue weighted by molar-refractivity contribution is 6.00. The molecule has 0 spiro atoms. The van der Waals surface area contributed by atoms with Crippen molar-refractivity contribution in [1.82, 2.24) is 9.47 Å². The number of hydrogen-bond acceptors (Lipinski definition) is 5. The zero-order valence-electron chi connectivity index (χ0n) is 16.6. The second-order valence-electron chi connectivity index (χ2n) is 6.93. The third-order valence-corrected chi connectivity index (χ3v) is 5.13. The Balaban J connectivity index is 1.69. The van der Waals surface area contributed by atoms with Gasteiger partial charge in [0.1, 0.15) is 6.07 Å². The van der Waals surface area contributed by atoms with Crippen molar-refractivity contribution in [3.63, 3.8) is 0 Å². The summed E-state index contributed by atoms with van der Waals surface area (Å²) in [7, 11) is 0. The van der Waals surface area contributed by atoms with Gasteiger partial charge in [0.2, 0.25) is 0 Å². The number of morpholine rings is 1. The minimum absolute atomic E-state index is 0.0596. The van der Waals surface area contributed by atoms with Gasteiger partial charge in [0.25, 0.3) is 5.91 Å². The molecule has 2 aromatic carbocycles. The molecular formula is C23H21N3O4. The molecule has 0 N–H and O–H groups in total. The molecule has 0 bridgehead atoms. The fourth-order valence-corrected chi connectivity index (χ4v) is 3.59. The molecule has 4 rings (SSSR count). The van der Waals surface area contributed by atoms with Crippen LogP contribution in [-0.4, -0.2) is 54.3 Å². The van der Waals surface area contributed by atoms with Crippen LogP contribution >= 0.6 is 0 Å². The molecule has 7 nitrogen and oxygen atoms in total. The van der Waals surface area contributed by atoms with Gasteiger partial charge in [0.15, 0.2) is 0 Å². The maximum absolute atomic E-state index is 12.8. The van der Waals surface area contributed by atoms with Crippen molar-refractivity contribution in [2.45, 2.75) is 6.92 Å². The first-order valence-corrected chi connectivity index (χ1v) is 9.82. The van der Waals surface area contributed by atoms with E-state index < -0.39 is 0 Å². The van der Waals surface area contributed by atoms with E-state index in [9.17, 15) is 14.9 Å². The van der Waals surface area contributed by atoms with E-state index in [4.69, 9.17) is 9.47 Å². The summed E-state index contributed by atoms with van der Waals surface area (Å²) >= 11 is 0. The highest BCUT2D eigenvalue weighted by Gasteiger charge is 2.20. The van der Waals surface area contributed by atoms with Gasteiger partial charge in [-0.25, -0.2) is 4.79 Å². The maximum atomic E-state index is 12.8. The Morgan fingerprint density at radius 1 is 1.10 bits per heavy atom. The molecule has 0 aliphatic carbocycles. The first kappa shape index (κ1) is 19.7. The summed E-state index contributed by atoms with van der Waals surface area (Å²) < 4.78 is 12.2. The summed E-state index contributed by atoms with van der Waals surface area (Å²) in [6, 6.07) is 14.6. The van der Waals surface area contributed by atoms with Crippen LogP contribution in [0.15, 0.2) is 48.7 Å². The third-order valence-electron chi connectivity index (χ3n) is 5.13. The average Bonchev–Trinajstić information content (AvgIpc) is 3.17. The number of hydrogen-bond donors (Lipinski definition) is 0. The molecule has 1 amide bonds. The predicted octanol–water partition coefficient (Wildman–Crippen LogP) is 3.15. The summed E-state index contributed by atoms with van der Waals surface area (Å²) in [5.41, 5.74) is 3.12. The van der Waals surface area contributed by atoms with E-state index in [0.717, 1.165) is 11.2 Å². The molecule has 7 heteroatoms. The van der Waals surface area contributed by atoms with E-state index >= 15 is 0 Å². The SMILES string of the molecule is CCOC(=O)c1ccc(-n2cc(C#N)c3cc(C(=O)N4CCOCC4)ccc32)cc1. The van der Waals surface area contributed by atoms with E-state index in [0.29, 0.717) is 55.0 Å². The van der Waals surface area contributed by atoms with Crippen LogP contribution in [0.25, 0.3) is 16.6 Å². The molecule has 1 aliphatic rings. The molecule has 1 saturated heterocycles. The lowest BCUT2D eigenvalue weighted by molar-refractivity contribution is 0.0303.